The van der Waals surface area contributed by atoms with Crippen LogP contribution in [-0.4, -0.2) is 9.13 Å². The average molecular weight is 945 g/mol. The van der Waals surface area contributed by atoms with Gasteiger partial charge in [0.15, 0.2) is 0 Å². The van der Waals surface area contributed by atoms with Crippen LogP contribution in [0.3, 0.4) is 0 Å². The maximum atomic E-state index is 2.40. The van der Waals surface area contributed by atoms with Crippen molar-refractivity contribution in [2.24, 2.45) is 0 Å². The molecule has 0 fully saturated rings. The lowest BCUT2D eigenvalue weighted by Crippen LogP contribution is -2.09. The highest BCUT2D eigenvalue weighted by Gasteiger charge is 2.20. The minimum atomic E-state index is 1.12. The predicted molar refractivity (Wildman–Crippen MR) is 313 cm³/mol. The average Bonchev–Trinajstić information content (AvgIpc) is 3.98. The van der Waals surface area contributed by atoms with Gasteiger partial charge < -0.3 is 18.9 Å². The first-order valence-electron chi connectivity index (χ1n) is 25.3. The molecule has 0 saturated carbocycles. The summed E-state index contributed by atoms with van der Waals surface area (Å²) in [6, 6.07) is 105. The quantitative estimate of drug-likeness (QED) is 0.136. The molecule has 2 aromatic heterocycles. The van der Waals surface area contributed by atoms with E-state index in [-0.39, 0.29) is 0 Å². The van der Waals surface area contributed by atoms with Gasteiger partial charge in [-0.25, -0.2) is 0 Å². The Morgan fingerprint density at radius 1 is 0.203 bits per heavy atom. The third-order valence-electron chi connectivity index (χ3n) is 14.7. The Hall–Kier alpha value is -9.90. The largest absolute Gasteiger partial charge is 0.310 e. The zero-order valence-corrected chi connectivity index (χ0v) is 40.5. The van der Waals surface area contributed by atoms with Crippen LogP contribution in [0.2, 0.25) is 0 Å². The number of para-hydroxylation sites is 6. The third kappa shape index (κ3) is 7.31. The summed E-state index contributed by atoms with van der Waals surface area (Å²) in [5, 5.41) is 7.34. The number of hydrogen-bond donors (Lipinski definition) is 0. The van der Waals surface area contributed by atoms with Crippen molar-refractivity contribution in [2.45, 2.75) is 0 Å². The fourth-order valence-electron chi connectivity index (χ4n) is 11.4. The summed E-state index contributed by atoms with van der Waals surface area (Å²) in [7, 11) is 0. The zero-order chi connectivity index (χ0) is 49.0. The van der Waals surface area contributed by atoms with Crippen LogP contribution in [-0.2, 0) is 0 Å². The molecule has 14 aromatic rings. The highest BCUT2D eigenvalue weighted by Crippen LogP contribution is 2.43. The molecule has 4 nitrogen and oxygen atoms in total. The van der Waals surface area contributed by atoms with Crippen molar-refractivity contribution >= 4 is 88.5 Å². The Labute approximate surface area is 430 Å². The van der Waals surface area contributed by atoms with Crippen LogP contribution in [0.5, 0.6) is 0 Å². The summed E-state index contributed by atoms with van der Waals surface area (Å²) in [5.74, 6) is 0. The van der Waals surface area contributed by atoms with E-state index in [9.17, 15) is 0 Å². The molecule has 0 amide bonds. The molecule has 0 saturated heterocycles. The van der Waals surface area contributed by atoms with Crippen molar-refractivity contribution in [1.82, 2.24) is 9.13 Å². The van der Waals surface area contributed by atoms with Crippen LogP contribution in [0, 0.1) is 0 Å². The molecular formula is C70H48N4. The Kier molecular flexibility index (Phi) is 10.5. The van der Waals surface area contributed by atoms with Gasteiger partial charge in [0.2, 0.25) is 0 Å². The standard InChI is InChI=1S/C70H48N4/c1-5-19-51(20-6-1)71(52-21-7-2-8-22-52)57-43-45-69-65(47-57)63-27-13-15-33-67(63)73(69)55-39-35-49(36-40-55)59-29-17-32-62-60(30-18-31-61(59)62)50-37-41-56(42-38-50)74-68-34-16-14-28-64(68)66-48-58(44-46-70(66)74)72(53-23-9-3-10-24-53)54-25-11-4-12-26-54/h1-48H. The van der Waals surface area contributed by atoms with E-state index in [2.05, 4.69) is 310 Å². The molecule has 348 valence electrons. The van der Waals surface area contributed by atoms with Crippen molar-refractivity contribution in [3.8, 4) is 33.6 Å². The number of aromatic nitrogens is 2. The van der Waals surface area contributed by atoms with Crippen LogP contribution in [0.25, 0.3) is 88.0 Å². The highest BCUT2D eigenvalue weighted by atomic mass is 15.1. The van der Waals surface area contributed by atoms with Crippen LogP contribution in [0.4, 0.5) is 34.1 Å². The van der Waals surface area contributed by atoms with Gasteiger partial charge in [-0.3, -0.25) is 0 Å². The number of rotatable bonds is 10. The summed E-state index contributed by atoms with van der Waals surface area (Å²) in [5.41, 5.74) is 18.5. The van der Waals surface area contributed by atoms with Gasteiger partial charge in [-0.2, -0.15) is 0 Å². The van der Waals surface area contributed by atoms with Gasteiger partial charge in [-0.1, -0.05) is 170 Å². The molecule has 0 aliphatic rings. The molecular weight excluding hydrogens is 897 g/mol. The van der Waals surface area contributed by atoms with Gasteiger partial charge in [0.1, 0.15) is 0 Å². The Morgan fingerprint density at radius 2 is 0.514 bits per heavy atom. The van der Waals surface area contributed by atoms with Crippen molar-refractivity contribution in [3.05, 3.63) is 291 Å². The lowest BCUT2D eigenvalue weighted by atomic mass is 9.93. The lowest BCUT2D eigenvalue weighted by molar-refractivity contribution is 1.18. The van der Waals surface area contributed by atoms with E-state index in [1.54, 1.807) is 0 Å². The van der Waals surface area contributed by atoms with Gasteiger partial charge in [0.05, 0.1) is 22.1 Å². The smallest absolute Gasteiger partial charge is 0.0542 e. The van der Waals surface area contributed by atoms with Crippen LogP contribution in [0.1, 0.15) is 0 Å². The van der Waals surface area contributed by atoms with Crippen LogP contribution in [0.15, 0.2) is 291 Å². The molecule has 4 heteroatoms. The third-order valence-corrected chi connectivity index (χ3v) is 14.7. The molecule has 0 bridgehead atoms. The summed E-state index contributed by atoms with van der Waals surface area (Å²) in [6.45, 7) is 0. The minimum absolute atomic E-state index is 1.12. The van der Waals surface area contributed by atoms with E-state index < -0.39 is 0 Å². The summed E-state index contributed by atoms with van der Waals surface area (Å²) in [4.78, 5) is 4.67. The first-order chi connectivity index (χ1) is 36.7. The second-order valence-electron chi connectivity index (χ2n) is 18.9. The van der Waals surface area contributed by atoms with E-state index in [4.69, 9.17) is 0 Å². The van der Waals surface area contributed by atoms with E-state index >= 15 is 0 Å². The van der Waals surface area contributed by atoms with E-state index in [1.807, 2.05) is 0 Å². The Morgan fingerprint density at radius 3 is 0.878 bits per heavy atom. The molecule has 14 rings (SSSR count). The number of nitrogens with zero attached hydrogens (tertiary/aromatic N) is 4. The first kappa shape index (κ1) is 42.9. The molecule has 0 aliphatic heterocycles. The molecule has 12 aromatic carbocycles. The normalized spacial score (nSPS) is 11.5. The molecule has 74 heavy (non-hydrogen) atoms. The molecule has 2 heterocycles. The van der Waals surface area contributed by atoms with Gasteiger partial charge in [-0.05, 0) is 154 Å². The molecule has 0 spiro atoms. The van der Waals surface area contributed by atoms with Crippen molar-refractivity contribution in [3.63, 3.8) is 0 Å². The Bertz CT molecular complexity index is 3970. The maximum Gasteiger partial charge on any atom is 0.0542 e. The molecule has 0 atom stereocenters. The zero-order valence-electron chi connectivity index (χ0n) is 40.5. The Balaban J connectivity index is 0.799. The second-order valence-corrected chi connectivity index (χ2v) is 18.9. The first-order valence-corrected chi connectivity index (χ1v) is 25.3. The van der Waals surface area contributed by atoms with Crippen LogP contribution < -0.4 is 9.80 Å². The van der Waals surface area contributed by atoms with Gasteiger partial charge in [0, 0.05) is 67.0 Å². The highest BCUT2D eigenvalue weighted by molar-refractivity contribution is 6.12. The van der Waals surface area contributed by atoms with Crippen LogP contribution >= 0.6 is 0 Å². The molecule has 0 unspecified atom stereocenters. The SMILES string of the molecule is c1ccc(N(c2ccccc2)c2ccc3c(c2)c2ccccc2n3-c2ccc(-c3cccc4c(-c5ccc(-n6c7ccccc7c7cc(N(c8ccccc8)c8ccccc8)ccc76)cc5)cccc34)cc2)cc1. The summed E-state index contributed by atoms with van der Waals surface area (Å²) >= 11 is 0. The topological polar surface area (TPSA) is 16.3 Å². The van der Waals surface area contributed by atoms with E-state index in [0.29, 0.717) is 0 Å². The summed E-state index contributed by atoms with van der Waals surface area (Å²) in [6.07, 6.45) is 0. The number of fused-ring (bicyclic) bond motifs is 7. The summed E-state index contributed by atoms with van der Waals surface area (Å²) < 4.78 is 4.81. The predicted octanol–water partition coefficient (Wildman–Crippen LogP) is 19.3. The van der Waals surface area contributed by atoms with Crippen molar-refractivity contribution in [1.29, 1.82) is 0 Å². The van der Waals surface area contributed by atoms with E-state index in [1.165, 1.54) is 76.6 Å². The lowest BCUT2D eigenvalue weighted by Gasteiger charge is -2.25. The minimum Gasteiger partial charge on any atom is -0.310 e. The van der Waals surface area contributed by atoms with Gasteiger partial charge in [0.25, 0.3) is 0 Å². The van der Waals surface area contributed by atoms with Crippen molar-refractivity contribution in [2.75, 3.05) is 9.80 Å². The fraction of sp³-hybridized carbons (Fsp3) is 0. The second kappa shape index (κ2) is 18.1. The monoisotopic (exact) mass is 944 g/mol. The fourth-order valence-corrected chi connectivity index (χ4v) is 11.4. The molecule has 0 radical (unpaired) electrons. The van der Waals surface area contributed by atoms with Gasteiger partial charge >= 0.3 is 0 Å². The number of hydrogen-bond acceptors (Lipinski definition) is 2. The molecule has 0 aliphatic carbocycles. The number of anilines is 6. The van der Waals surface area contributed by atoms with E-state index in [0.717, 1.165) is 45.5 Å². The number of benzene rings is 12. The van der Waals surface area contributed by atoms with Gasteiger partial charge in [-0.15, -0.1) is 0 Å². The van der Waals surface area contributed by atoms with Crippen molar-refractivity contribution < 1.29 is 0 Å². The molecule has 0 N–H and O–H groups in total. The maximum absolute atomic E-state index is 2.40.